The van der Waals surface area contributed by atoms with E-state index >= 15 is 0 Å². The highest BCUT2D eigenvalue weighted by molar-refractivity contribution is 6.34. The largest absolute Gasteiger partial charge is 0.352 e. The van der Waals surface area contributed by atoms with Crippen molar-refractivity contribution in [2.75, 3.05) is 19.6 Å². The van der Waals surface area contributed by atoms with Gasteiger partial charge < -0.3 is 10.2 Å². The molecule has 1 aliphatic heterocycles. The predicted octanol–water partition coefficient (Wildman–Crippen LogP) is 3.10. The first-order chi connectivity index (χ1) is 10.9. The van der Waals surface area contributed by atoms with Gasteiger partial charge in [0.1, 0.15) is 0 Å². The van der Waals surface area contributed by atoms with Gasteiger partial charge in [-0.25, -0.2) is 0 Å². The number of nitro benzene ring substituents is 1. The van der Waals surface area contributed by atoms with Crippen molar-refractivity contribution in [2.45, 2.75) is 32.7 Å². The minimum Gasteiger partial charge on any atom is -0.352 e. The molecular weight excluding hydrogens is 318 g/mol. The van der Waals surface area contributed by atoms with Crippen molar-refractivity contribution < 1.29 is 9.72 Å². The minimum absolute atomic E-state index is 0.103. The molecule has 1 amide bonds. The van der Waals surface area contributed by atoms with Crippen molar-refractivity contribution >= 4 is 23.2 Å². The molecule has 0 atom stereocenters. The highest BCUT2D eigenvalue weighted by Crippen LogP contribution is 2.23. The molecule has 0 bridgehead atoms. The number of benzene rings is 1. The number of nitrogens with one attached hydrogen (secondary N) is 1. The molecular formula is C16H22ClN3O3. The first kappa shape index (κ1) is 17.7. The summed E-state index contributed by atoms with van der Waals surface area (Å²) in [5.74, 6) is 0.182. The molecule has 6 nitrogen and oxygen atoms in total. The summed E-state index contributed by atoms with van der Waals surface area (Å²) in [4.78, 5) is 24.8. The van der Waals surface area contributed by atoms with Gasteiger partial charge in [0.15, 0.2) is 0 Å². The van der Waals surface area contributed by atoms with Gasteiger partial charge in [-0.3, -0.25) is 14.9 Å². The van der Waals surface area contributed by atoms with Crippen LogP contribution in [0.1, 0.15) is 37.0 Å². The number of nitrogens with zero attached hydrogens (tertiary/aromatic N) is 2. The van der Waals surface area contributed by atoms with Crippen LogP contribution < -0.4 is 5.32 Å². The van der Waals surface area contributed by atoms with E-state index in [9.17, 15) is 14.9 Å². The molecule has 1 aliphatic rings. The Morgan fingerprint density at radius 1 is 1.43 bits per heavy atom. The lowest BCUT2D eigenvalue weighted by molar-refractivity contribution is -0.384. The van der Waals surface area contributed by atoms with E-state index < -0.39 is 4.92 Å². The van der Waals surface area contributed by atoms with Gasteiger partial charge in [0.05, 0.1) is 15.5 Å². The Kier molecular flexibility index (Phi) is 5.96. The zero-order valence-corrected chi connectivity index (χ0v) is 14.2. The van der Waals surface area contributed by atoms with Crippen LogP contribution in [0.25, 0.3) is 0 Å². The summed E-state index contributed by atoms with van der Waals surface area (Å²) in [6, 6.07) is 4.46. The molecule has 0 aliphatic carbocycles. The first-order valence-corrected chi connectivity index (χ1v) is 8.22. The maximum Gasteiger partial charge on any atom is 0.270 e. The van der Waals surface area contributed by atoms with Crippen molar-refractivity contribution in [1.29, 1.82) is 0 Å². The minimum atomic E-state index is -0.532. The van der Waals surface area contributed by atoms with Crippen molar-refractivity contribution in [2.24, 2.45) is 5.92 Å². The molecule has 23 heavy (non-hydrogen) atoms. The van der Waals surface area contributed by atoms with Crippen molar-refractivity contribution in [3.8, 4) is 0 Å². The van der Waals surface area contributed by atoms with Crippen LogP contribution in [0.2, 0.25) is 5.02 Å². The third-order valence-electron chi connectivity index (χ3n) is 4.34. The SMILES string of the molecule is CC(C)N1CCC(CNC(=O)c2ccc([N+](=O)[O-])cc2Cl)CC1. The van der Waals surface area contributed by atoms with E-state index in [0.717, 1.165) is 25.9 Å². The van der Waals surface area contributed by atoms with Crippen LogP contribution in [0.4, 0.5) is 5.69 Å². The van der Waals surface area contributed by atoms with Crippen LogP contribution in [0.3, 0.4) is 0 Å². The van der Waals surface area contributed by atoms with E-state index in [4.69, 9.17) is 11.6 Å². The van der Waals surface area contributed by atoms with E-state index in [1.807, 2.05) is 0 Å². The van der Waals surface area contributed by atoms with Crippen LogP contribution in [0.5, 0.6) is 0 Å². The summed E-state index contributed by atoms with van der Waals surface area (Å²) in [7, 11) is 0. The zero-order valence-electron chi connectivity index (χ0n) is 13.4. The number of carbonyl (C=O) groups is 1. The first-order valence-electron chi connectivity index (χ1n) is 7.84. The Bertz CT molecular complexity index is 584. The van der Waals surface area contributed by atoms with Gasteiger partial charge in [-0.05, 0) is 51.8 Å². The quantitative estimate of drug-likeness (QED) is 0.660. The van der Waals surface area contributed by atoms with Crippen LogP contribution in [-0.2, 0) is 0 Å². The van der Waals surface area contributed by atoms with E-state index in [1.54, 1.807) is 0 Å². The fourth-order valence-electron chi connectivity index (χ4n) is 2.81. The van der Waals surface area contributed by atoms with Crippen molar-refractivity contribution in [1.82, 2.24) is 10.2 Å². The Morgan fingerprint density at radius 2 is 2.09 bits per heavy atom. The van der Waals surface area contributed by atoms with Gasteiger partial charge in [0.25, 0.3) is 11.6 Å². The van der Waals surface area contributed by atoms with Gasteiger partial charge in [-0.2, -0.15) is 0 Å². The van der Waals surface area contributed by atoms with Gasteiger partial charge in [0, 0.05) is 24.7 Å². The molecule has 0 unspecified atom stereocenters. The van der Waals surface area contributed by atoms with Crippen LogP contribution >= 0.6 is 11.6 Å². The van der Waals surface area contributed by atoms with Gasteiger partial charge in [-0.1, -0.05) is 11.6 Å². The van der Waals surface area contributed by atoms with E-state index in [-0.39, 0.29) is 22.2 Å². The average Bonchev–Trinajstić information content (AvgIpc) is 2.52. The topological polar surface area (TPSA) is 75.5 Å². The fourth-order valence-corrected chi connectivity index (χ4v) is 3.07. The molecule has 1 fully saturated rings. The van der Waals surface area contributed by atoms with Gasteiger partial charge >= 0.3 is 0 Å². The molecule has 0 saturated carbocycles. The Hall–Kier alpha value is -1.66. The molecule has 7 heteroatoms. The number of carbonyl (C=O) groups excluding carboxylic acids is 1. The average molecular weight is 340 g/mol. The van der Waals surface area contributed by atoms with E-state index in [0.29, 0.717) is 18.5 Å². The van der Waals surface area contributed by atoms with Crippen LogP contribution in [-0.4, -0.2) is 41.4 Å². The monoisotopic (exact) mass is 339 g/mol. The lowest BCUT2D eigenvalue weighted by Gasteiger charge is -2.34. The number of hydrogen-bond donors (Lipinski definition) is 1. The Balaban J connectivity index is 1.87. The summed E-state index contributed by atoms with van der Waals surface area (Å²) in [6.07, 6.45) is 2.12. The maximum atomic E-state index is 12.2. The molecule has 1 N–H and O–H groups in total. The number of hydrogen-bond acceptors (Lipinski definition) is 4. The van der Waals surface area contributed by atoms with E-state index in [1.165, 1.54) is 18.2 Å². The third kappa shape index (κ3) is 4.65. The molecule has 2 rings (SSSR count). The second kappa shape index (κ2) is 7.75. The number of likely N-dealkylation sites (tertiary alicyclic amines) is 1. The zero-order chi connectivity index (χ0) is 17.0. The van der Waals surface area contributed by atoms with E-state index in [2.05, 4.69) is 24.1 Å². The van der Waals surface area contributed by atoms with Crippen LogP contribution in [0, 0.1) is 16.0 Å². The normalized spacial score (nSPS) is 16.5. The standard InChI is InChI=1S/C16H22ClN3O3/c1-11(2)19-7-5-12(6-8-19)10-18-16(21)14-4-3-13(20(22)23)9-15(14)17/h3-4,9,11-12H,5-8,10H2,1-2H3,(H,18,21). The summed E-state index contributed by atoms with van der Waals surface area (Å²) < 4.78 is 0. The highest BCUT2D eigenvalue weighted by atomic mass is 35.5. The molecule has 1 saturated heterocycles. The second-order valence-corrected chi connectivity index (χ2v) is 6.61. The molecule has 1 aromatic carbocycles. The summed E-state index contributed by atoms with van der Waals surface area (Å²) in [5, 5.41) is 13.7. The number of rotatable bonds is 5. The number of non-ortho nitro benzene ring substituents is 1. The highest BCUT2D eigenvalue weighted by Gasteiger charge is 2.22. The third-order valence-corrected chi connectivity index (χ3v) is 4.65. The second-order valence-electron chi connectivity index (χ2n) is 6.20. The van der Waals surface area contributed by atoms with Gasteiger partial charge in [0.2, 0.25) is 0 Å². The molecule has 1 aromatic rings. The summed E-state index contributed by atoms with van der Waals surface area (Å²) in [6.45, 7) is 7.10. The maximum absolute atomic E-state index is 12.2. The molecule has 0 radical (unpaired) electrons. The van der Waals surface area contributed by atoms with Crippen molar-refractivity contribution in [3.05, 3.63) is 38.9 Å². The molecule has 0 spiro atoms. The number of halogens is 1. The lowest BCUT2D eigenvalue weighted by Crippen LogP contribution is -2.41. The number of nitro groups is 1. The lowest BCUT2D eigenvalue weighted by atomic mass is 9.96. The van der Waals surface area contributed by atoms with Crippen molar-refractivity contribution in [3.63, 3.8) is 0 Å². The summed E-state index contributed by atoms with van der Waals surface area (Å²) >= 11 is 5.97. The number of amides is 1. The molecule has 0 aromatic heterocycles. The smallest absolute Gasteiger partial charge is 0.270 e. The number of piperidine rings is 1. The Morgan fingerprint density at radius 3 is 2.61 bits per heavy atom. The molecule has 1 heterocycles. The van der Waals surface area contributed by atoms with Gasteiger partial charge in [-0.15, -0.1) is 0 Å². The summed E-state index contributed by atoms with van der Waals surface area (Å²) in [5.41, 5.74) is 0.157. The molecule has 126 valence electrons. The Labute approximate surface area is 141 Å². The van der Waals surface area contributed by atoms with Crippen LogP contribution in [0.15, 0.2) is 18.2 Å². The fraction of sp³-hybridized carbons (Fsp3) is 0.562. The predicted molar refractivity (Wildman–Crippen MR) is 89.9 cm³/mol.